The molecule has 3 aromatic rings. The summed E-state index contributed by atoms with van der Waals surface area (Å²) in [6.07, 6.45) is 4.93. The van der Waals surface area contributed by atoms with Gasteiger partial charge in [0.05, 0.1) is 0 Å². The van der Waals surface area contributed by atoms with E-state index in [0.717, 1.165) is 24.0 Å². The van der Waals surface area contributed by atoms with Crippen molar-refractivity contribution < 1.29 is 9.59 Å². The van der Waals surface area contributed by atoms with Crippen molar-refractivity contribution in [1.82, 2.24) is 14.8 Å². The van der Waals surface area contributed by atoms with Gasteiger partial charge in [-0.3, -0.25) is 14.4 Å². The van der Waals surface area contributed by atoms with Crippen molar-refractivity contribution in [1.29, 1.82) is 0 Å². The van der Waals surface area contributed by atoms with Crippen LogP contribution in [0.4, 0.5) is 0 Å². The molecule has 0 aliphatic heterocycles. The number of pyridine rings is 1. The quantitative estimate of drug-likeness (QED) is 0.645. The van der Waals surface area contributed by atoms with Crippen molar-refractivity contribution in [3.05, 3.63) is 106 Å². The first-order chi connectivity index (χ1) is 15.0. The molecule has 31 heavy (non-hydrogen) atoms. The molecule has 0 bridgehead atoms. The maximum atomic E-state index is 13.2. The third-order valence-corrected chi connectivity index (χ3v) is 5.28. The predicted molar refractivity (Wildman–Crippen MR) is 119 cm³/mol. The molecule has 0 unspecified atom stereocenters. The van der Waals surface area contributed by atoms with Gasteiger partial charge >= 0.3 is 0 Å². The number of nitrogens with zero attached hydrogens (tertiary/aromatic N) is 2. The van der Waals surface area contributed by atoms with Gasteiger partial charge in [0.1, 0.15) is 11.1 Å². The largest absolute Gasteiger partial charge is 0.349 e. The zero-order chi connectivity index (χ0) is 21.8. The molecule has 1 fully saturated rings. The number of carbonyl (C=O) groups excluding carboxylic acids is 2. The van der Waals surface area contributed by atoms with E-state index in [9.17, 15) is 14.4 Å². The molecule has 0 saturated heterocycles. The Hall–Kier alpha value is -3.67. The number of hydrogen-bond acceptors (Lipinski definition) is 3. The lowest BCUT2D eigenvalue weighted by atomic mass is 10.1. The molecular weight excluding hydrogens is 390 g/mol. The lowest BCUT2D eigenvalue weighted by Crippen LogP contribution is -2.36. The lowest BCUT2D eigenvalue weighted by molar-refractivity contribution is 0.0783. The van der Waals surface area contributed by atoms with Crippen molar-refractivity contribution in [3.8, 4) is 0 Å². The fourth-order valence-electron chi connectivity index (χ4n) is 3.46. The zero-order valence-corrected chi connectivity index (χ0v) is 17.5. The van der Waals surface area contributed by atoms with Crippen LogP contribution >= 0.6 is 0 Å². The van der Waals surface area contributed by atoms with Crippen molar-refractivity contribution in [2.45, 2.75) is 32.0 Å². The van der Waals surface area contributed by atoms with Crippen LogP contribution in [0, 0.1) is 0 Å². The van der Waals surface area contributed by atoms with E-state index in [2.05, 4.69) is 5.32 Å². The smallest absolute Gasteiger partial charge is 0.259 e. The second kappa shape index (κ2) is 9.00. The lowest BCUT2D eigenvalue weighted by Gasteiger charge is -2.19. The Balaban J connectivity index is 1.67. The predicted octanol–water partition coefficient (Wildman–Crippen LogP) is 3.06. The summed E-state index contributed by atoms with van der Waals surface area (Å²) in [6, 6.07) is 19.4. The Bertz CT molecular complexity index is 1140. The first-order valence-electron chi connectivity index (χ1n) is 10.4. The summed E-state index contributed by atoms with van der Waals surface area (Å²) in [5.41, 5.74) is 1.44. The summed E-state index contributed by atoms with van der Waals surface area (Å²) >= 11 is 0. The van der Waals surface area contributed by atoms with Crippen LogP contribution in [0.15, 0.2) is 77.9 Å². The molecule has 1 saturated carbocycles. The highest BCUT2D eigenvalue weighted by atomic mass is 16.2. The number of benzene rings is 2. The van der Waals surface area contributed by atoms with Gasteiger partial charge in [-0.1, -0.05) is 60.7 Å². The highest BCUT2D eigenvalue weighted by molar-refractivity contribution is 5.99. The molecule has 0 radical (unpaired) electrons. The standard InChI is InChI=1S/C25H25N3O3/c1-27(14-18-8-4-2-5-9-18)25(31)22-17-28(15-19-10-6-3-7-11-19)16-21(23(22)29)24(30)26-20-12-13-20/h2-11,16-17,20H,12-15H2,1H3,(H,26,30). The van der Waals surface area contributed by atoms with Crippen LogP contribution in [0.1, 0.15) is 44.7 Å². The summed E-state index contributed by atoms with van der Waals surface area (Å²) in [5, 5.41) is 2.86. The molecule has 4 rings (SSSR count). The van der Waals surface area contributed by atoms with Gasteiger partial charge in [-0.25, -0.2) is 0 Å². The fraction of sp³-hybridized carbons (Fsp3) is 0.240. The maximum Gasteiger partial charge on any atom is 0.259 e. The average molecular weight is 415 g/mol. The van der Waals surface area contributed by atoms with Gasteiger partial charge in [0.15, 0.2) is 0 Å². The second-order valence-electron chi connectivity index (χ2n) is 7.97. The van der Waals surface area contributed by atoms with Gasteiger partial charge in [0, 0.05) is 38.6 Å². The van der Waals surface area contributed by atoms with Gasteiger partial charge in [-0.2, -0.15) is 0 Å². The minimum Gasteiger partial charge on any atom is -0.349 e. The number of amides is 2. The monoisotopic (exact) mass is 415 g/mol. The van der Waals surface area contributed by atoms with E-state index in [-0.39, 0.29) is 17.2 Å². The van der Waals surface area contributed by atoms with E-state index < -0.39 is 17.2 Å². The van der Waals surface area contributed by atoms with Crippen LogP contribution < -0.4 is 10.7 Å². The molecule has 2 aromatic carbocycles. The Morgan fingerprint density at radius 3 is 2.13 bits per heavy atom. The summed E-state index contributed by atoms with van der Waals surface area (Å²) in [4.78, 5) is 40.5. The van der Waals surface area contributed by atoms with Crippen LogP contribution in [-0.2, 0) is 13.1 Å². The molecular formula is C25H25N3O3. The Labute approximate surface area is 181 Å². The minimum absolute atomic E-state index is 0.00166. The van der Waals surface area contributed by atoms with E-state index in [4.69, 9.17) is 0 Å². The van der Waals surface area contributed by atoms with Crippen LogP contribution in [0.25, 0.3) is 0 Å². The zero-order valence-electron chi connectivity index (χ0n) is 17.5. The fourth-order valence-corrected chi connectivity index (χ4v) is 3.46. The molecule has 1 heterocycles. The van der Waals surface area contributed by atoms with Gasteiger partial charge in [-0.05, 0) is 24.0 Å². The summed E-state index contributed by atoms with van der Waals surface area (Å²) in [7, 11) is 1.66. The molecule has 1 aliphatic carbocycles. The van der Waals surface area contributed by atoms with Crippen molar-refractivity contribution >= 4 is 11.8 Å². The first-order valence-corrected chi connectivity index (χ1v) is 10.4. The summed E-state index contributed by atoms with van der Waals surface area (Å²) in [5.74, 6) is -0.827. The van der Waals surface area contributed by atoms with Crippen molar-refractivity contribution in [2.24, 2.45) is 0 Å². The number of rotatable bonds is 7. The van der Waals surface area contributed by atoms with Crippen LogP contribution in [-0.4, -0.2) is 34.4 Å². The van der Waals surface area contributed by atoms with Crippen LogP contribution in [0.2, 0.25) is 0 Å². The normalized spacial score (nSPS) is 12.9. The first kappa shape index (κ1) is 20.6. The second-order valence-corrected chi connectivity index (χ2v) is 7.97. The van der Waals surface area contributed by atoms with E-state index in [1.165, 1.54) is 4.90 Å². The number of aromatic nitrogens is 1. The number of nitrogens with one attached hydrogen (secondary N) is 1. The Morgan fingerprint density at radius 2 is 1.52 bits per heavy atom. The van der Waals surface area contributed by atoms with Crippen LogP contribution in [0.3, 0.4) is 0 Å². The molecule has 6 heteroatoms. The molecule has 1 aromatic heterocycles. The third kappa shape index (κ3) is 5.09. The summed E-state index contributed by atoms with van der Waals surface area (Å²) in [6.45, 7) is 0.823. The van der Waals surface area contributed by atoms with E-state index >= 15 is 0 Å². The van der Waals surface area contributed by atoms with Crippen LogP contribution in [0.5, 0.6) is 0 Å². The van der Waals surface area contributed by atoms with Gasteiger partial charge in [-0.15, -0.1) is 0 Å². The Kier molecular flexibility index (Phi) is 5.98. The summed E-state index contributed by atoms with van der Waals surface area (Å²) < 4.78 is 1.74. The topological polar surface area (TPSA) is 71.4 Å². The molecule has 1 N–H and O–H groups in total. The average Bonchev–Trinajstić information content (AvgIpc) is 3.59. The minimum atomic E-state index is -0.535. The highest BCUT2D eigenvalue weighted by Crippen LogP contribution is 2.19. The number of carbonyl (C=O) groups is 2. The molecule has 0 spiro atoms. The van der Waals surface area contributed by atoms with Gasteiger partial charge in [0.25, 0.3) is 11.8 Å². The molecule has 158 valence electrons. The van der Waals surface area contributed by atoms with E-state index in [1.807, 2.05) is 60.7 Å². The third-order valence-electron chi connectivity index (χ3n) is 5.28. The van der Waals surface area contributed by atoms with Gasteiger partial charge in [0.2, 0.25) is 5.43 Å². The van der Waals surface area contributed by atoms with E-state index in [1.54, 1.807) is 24.0 Å². The van der Waals surface area contributed by atoms with Gasteiger partial charge < -0.3 is 14.8 Å². The molecule has 2 amide bonds. The Morgan fingerprint density at radius 1 is 0.935 bits per heavy atom. The maximum absolute atomic E-state index is 13.2. The van der Waals surface area contributed by atoms with Crippen molar-refractivity contribution in [3.63, 3.8) is 0 Å². The molecule has 6 nitrogen and oxygen atoms in total. The SMILES string of the molecule is CN(Cc1ccccc1)C(=O)c1cn(Cc2ccccc2)cc(C(=O)NC2CC2)c1=O. The number of hydrogen-bond donors (Lipinski definition) is 1. The van der Waals surface area contributed by atoms with E-state index in [0.29, 0.717) is 13.1 Å². The molecule has 0 atom stereocenters. The van der Waals surface area contributed by atoms with Crippen molar-refractivity contribution in [2.75, 3.05) is 7.05 Å². The highest BCUT2D eigenvalue weighted by Gasteiger charge is 2.27. The molecule has 1 aliphatic rings.